The highest BCUT2D eigenvalue weighted by molar-refractivity contribution is 7.91. The van der Waals surface area contributed by atoms with Crippen LogP contribution in [0.15, 0.2) is 101 Å². The van der Waals surface area contributed by atoms with Crippen molar-refractivity contribution >= 4 is 21.6 Å². The Labute approximate surface area is 152 Å². The molecule has 7 heteroatoms. The first kappa shape index (κ1) is 19.0. The van der Waals surface area contributed by atoms with E-state index in [9.17, 15) is 13.2 Å². The molecule has 0 saturated carbocycles. The maximum Gasteiger partial charge on any atom is 0.323 e. The van der Waals surface area contributed by atoms with Crippen molar-refractivity contribution in [3.8, 4) is 0 Å². The first-order valence-corrected chi connectivity index (χ1v) is 9.15. The summed E-state index contributed by atoms with van der Waals surface area (Å²) in [5.41, 5.74) is 6.26. The molecule has 2 amide bonds. The fourth-order valence-electron chi connectivity index (χ4n) is 2.06. The molecule has 0 aliphatic rings. The van der Waals surface area contributed by atoms with E-state index < -0.39 is 15.9 Å². The summed E-state index contributed by atoms with van der Waals surface area (Å²) in [6.07, 6.45) is 6.01. The largest absolute Gasteiger partial charge is 0.403 e. The van der Waals surface area contributed by atoms with Crippen LogP contribution in [-0.4, -0.2) is 14.4 Å². The van der Waals surface area contributed by atoms with Crippen LogP contribution >= 0.6 is 0 Å². The summed E-state index contributed by atoms with van der Waals surface area (Å²) in [6, 6.07) is 13.5. The normalized spacial score (nSPS) is 11.9. The molecular weight excluding hydrogens is 350 g/mol. The lowest BCUT2D eigenvalue weighted by Gasteiger charge is -2.09. The summed E-state index contributed by atoms with van der Waals surface area (Å²) in [4.78, 5) is 12.3. The summed E-state index contributed by atoms with van der Waals surface area (Å²) in [6.45, 7) is 3.53. The van der Waals surface area contributed by atoms with E-state index in [1.807, 2.05) is 0 Å². The van der Waals surface area contributed by atoms with E-state index >= 15 is 0 Å². The number of amides is 2. The molecule has 2 aromatic rings. The Kier molecular flexibility index (Phi) is 6.35. The van der Waals surface area contributed by atoms with Gasteiger partial charge in [-0.25, -0.2) is 13.2 Å². The van der Waals surface area contributed by atoms with Crippen LogP contribution in [0, 0.1) is 0 Å². The summed E-state index contributed by atoms with van der Waals surface area (Å²) in [7, 11) is -3.59. The monoisotopic (exact) mass is 369 g/mol. The molecule has 2 aromatic carbocycles. The molecule has 0 bridgehead atoms. The predicted octanol–water partition coefficient (Wildman–Crippen LogP) is 3.18. The fraction of sp³-hybridized carbons (Fsp3) is 0. The van der Waals surface area contributed by atoms with Crippen molar-refractivity contribution in [2.75, 3.05) is 5.32 Å². The zero-order chi connectivity index (χ0) is 19.0. The number of carbonyl (C=O) groups is 1. The van der Waals surface area contributed by atoms with Crippen molar-refractivity contribution in [3.05, 3.63) is 91.3 Å². The van der Waals surface area contributed by atoms with Crippen molar-refractivity contribution in [1.29, 1.82) is 0 Å². The first-order valence-electron chi connectivity index (χ1n) is 7.66. The second-order valence-corrected chi connectivity index (χ2v) is 7.09. The predicted molar refractivity (Wildman–Crippen MR) is 102 cm³/mol. The van der Waals surface area contributed by atoms with Crippen molar-refractivity contribution in [1.82, 2.24) is 5.32 Å². The van der Waals surface area contributed by atoms with Crippen LogP contribution in [0.3, 0.4) is 0 Å². The number of hydrogen-bond acceptors (Lipinski definition) is 4. The lowest BCUT2D eigenvalue weighted by atomic mass is 10.3. The second kappa shape index (κ2) is 8.68. The minimum atomic E-state index is -3.59. The number of sulfone groups is 1. The van der Waals surface area contributed by atoms with E-state index in [4.69, 9.17) is 5.73 Å². The number of anilines is 1. The van der Waals surface area contributed by atoms with Gasteiger partial charge in [0.05, 0.1) is 15.5 Å². The minimum absolute atomic E-state index is 0.145. The molecule has 26 heavy (non-hydrogen) atoms. The number of nitrogens with two attached hydrogens (primary N) is 1. The maximum absolute atomic E-state index is 12.5. The van der Waals surface area contributed by atoms with Gasteiger partial charge in [0, 0.05) is 11.9 Å². The van der Waals surface area contributed by atoms with Crippen LogP contribution in [0.2, 0.25) is 0 Å². The minimum Gasteiger partial charge on any atom is -0.403 e. The molecule has 0 heterocycles. The number of nitrogens with one attached hydrogen (secondary N) is 2. The first-order chi connectivity index (χ1) is 12.5. The van der Waals surface area contributed by atoms with Crippen molar-refractivity contribution in [3.63, 3.8) is 0 Å². The van der Waals surface area contributed by atoms with Crippen LogP contribution in [0.4, 0.5) is 10.5 Å². The van der Waals surface area contributed by atoms with Gasteiger partial charge in [0.2, 0.25) is 9.84 Å². The molecule has 6 nitrogen and oxygen atoms in total. The van der Waals surface area contributed by atoms with E-state index in [0.717, 1.165) is 0 Å². The maximum atomic E-state index is 12.5. The number of urea groups is 1. The van der Waals surface area contributed by atoms with Gasteiger partial charge in [0.15, 0.2) is 0 Å². The summed E-state index contributed by atoms with van der Waals surface area (Å²) >= 11 is 0. The molecule has 0 aliphatic heterocycles. The lowest BCUT2D eigenvalue weighted by Crippen LogP contribution is -2.28. The van der Waals surface area contributed by atoms with Crippen LogP contribution in [-0.2, 0) is 9.84 Å². The molecule has 0 spiro atoms. The van der Waals surface area contributed by atoms with Crippen LogP contribution in [0.5, 0.6) is 0 Å². The topological polar surface area (TPSA) is 101 Å². The van der Waals surface area contributed by atoms with E-state index in [-0.39, 0.29) is 9.79 Å². The smallest absolute Gasteiger partial charge is 0.323 e. The van der Waals surface area contributed by atoms with Gasteiger partial charge in [-0.2, -0.15) is 0 Å². The summed E-state index contributed by atoms with van der Waals surface area (Å²) in [5, 5.41) is 5.15. The zero-order valence-electron chi connectivity index (χ0n) is 13.9. The van der Waals surface area contributed by atoms with Gasteiger partial charge in [-0.3, -0.25) is 0 Å². The van der Waals surface area contributed by atoms with Crippen molar-refractivity contribution in [2.24, 2.45) is 5.73 Å². The fourth-order valence-corrected chi connectivity index (χ4v) is 3.34. The number of rotatable bonds is 6. The van der Waals surface area contributed by atoms with Gasteiger partial charge in [-0.1, -0.05) is 36.9 Å². The Morgan fingerprint density at radius 3 is 2.19 bits per heavy atom. The van der Waals surface area contributed by atoms with Crippen molar-refractivity contribution < 1.29 is 13.2 Å². The highest BCUT2D eigenvalue weighted by atomic mass is 32.2. The Bertz CT molecular complexity index is 932. The highest BCUT2D eigenvalue weighted by Gasteiger charge is 2.17. The van der Waals surface area contributed by atoms with Gasteiger partial charge in [-0.15, -0.1) is 0 Å². The molecule has 4 N–H and O–H groups in total. The number of carbonyl (C=O) groups excluding carboxylic acids is 1. The SMILES string of the molecule is C=C/C=C\C(=C/N)NC(=O)Nc1ccc(S(=O)(=O)c2ccccc2)cc1. The third-order valence-corrected chi connectivity index (χ3v) is 5.11. The van der Waals surface area contributed by atoms with E-state index in [2.05, 4.69) is 17.2 Å². The van der Waals surface area contributed by atoms with Gasteiger partial charge in [0.1, 0.15) is 0 Å². The van der Waals surface area contributed by atoms with Crippen molar-refractivity contribution in [2.45, 2.75) is 9.79 Å². The Hall–Kier alpha value is -3.32. The van der Waals surface area contributed by atoms with Gasteiger partial charge >= 0.3 is 6.03 Å². The Morgan fingerprint density at radius 2 is 1.62 bits per heavy atom. The van der Waals surface area contributed by atoms with E-state index in [1.165, 1.54) is 42.6 Å². The summed E-state index contributed by atoms with van der Waals surface area (Å²) in [5.74, 6) is 0. The second-order valence-electron chi connectivity index (χ2n) is 5.14. The third-order valence-electron chi connectivity index (χ3n) is 3.33. The molecule has 0 atom stereocenters. The average Bonchev–Trinajstić information content (AvgIpc) is 2.66. The van der Waals surface area contributed by atoms with Gasteiger partial charge in [0.25, 0.3) is 0 Å². The van der Waals surface area contributed by atoms with Crippen LogP contribution in [0.1, 0.15) is 0 Å². The van der Waals surface area contributed by atoms with Crippen LogP contribution in [0.25, 0.3) is 0 Å². The zero-order valence-corrected chi connectivity index (χ0v) is 14.7. The van der Waals surface area contributed by atoms with Crippen LogP contribution < -0.4 is 16.4 Å². The van der Waals surface area contributed by atoms with Gasteiger partial charge in [-0.05, 0) is 42.5 Å². The molecule has 0 fully saturated rings. The molecule has 0 radical (unpaired) electrons. The van der Waals surface area contributed by atoms with E-state index in [0.29, 0.717) is 11.4 Å². The average molecular weight is 369 g/mol. The number of hydrogen-bond donors (Lipinski definition) is 3. The molecule has 134 valence electrons. The highest BCUT2D eigenvalue weighted by Crippen LogP contribution is 2.22. The quantitative estimate of drug-likeness (QED) is 0.681. The number of allylic oxidation sites excluding steroid dienone is 3. The molecule has 0 aliphatic carbocycles. The lowest BCUT2D eigenvalue weighted by molar-refractivity contribution is 0.254. The Morgan fingerprint density at radius 1 is 1.00 bits per heavy atom. The molecule has 2 rings (SSSR count). The Balaban J connectivity index is 2.09. The third kappa shape index (κ3) is 4.84. The van der Waals surface area contributed by atoms with Gasteiger partial charge < -0.3 is 16.4 Å². The standard InChI is InChI=1S/C19H19N3O3S/c1-2-3-7-16(14-20)22-19(23)21-15-10-12-18(13-11-15)26(24,25)17-8-5-4-6-9-17/h2-14H,1,20H2,(H2,21,22,23)/b7-3-,16-14+. The molecule has 0 saturated heterocycles. The molecule has 0 aromatic heterocycles. The molecule has 0 unspecified atom stereocenters. The van der Waals surface area contributed by atoms with E-state index in [1.54, 1.807) is 36.4 Å². The summed E-state index contributed by atoms with van der Waals surface area (Å²) < 4.78 is 25.0. The molecular formula is C19H19N3O3S. The number of benzene rings is 2.